The number of carbonyl (C=O) groups excluding carboxylic acids is 3. The van der Waals surface area contributed by atoms with E-state index < -0.39 is 17.9 Å². The average Bonchev–Trinajstić information content (AvgIpc) is 2.92. The molecule has 3 rings (SSSR count). The highest BCUT2D eigenvalue weighted by Crippen LogP contribution is 2.29. The Balaban J connectivity index is 1.96. The molecule has 0 unspecified atom stereocenters. The van der Waals surface area contributed by atoms with Crippen LogP contribution in [0.15, 0.2) is 27.1 Å². The molecule has 1 aromatic heterocycles. The van der Waals surface area contributed by atoms with Crippen LogP contribution in [0.4, 0.5) is 0 Å². The summed E-state index contributed by atoms with van der Waals surface area (Å²) in [6.07, 6.45) is -0.196. The van der Waals surface area contributed by atoms with Gasteiger partial charge in [-0.1, -0.05) is 15.9 Å². The topological polar surface area (TPSA) is 88.9 Å². The van der Waals surface area contributed by atoms with Crippen LogP contribution in [0.1, 0.15) is 22.5 Å². The molecular weight excluding hydrogens is 392 g/mol. The van der Waals surface area contributed by atoms with Gasteiger partial charge in [-0.3, -0.25) is 14.4 Å². The number of benzene rings is 1. The number of nitrogens with one attached hydrogen (secondary N) is 1. The standard InChI is InChI=1S/C17H17BrN2O5/c1-9-11-7-10(18)3-4-13(11)25-15(9)17(23)20-6-5-19-16(22)12(20)8-14(21)24-2/h3-4,7,12H,5-6,8H2,1-2H3,(H,19,22)/t12-/m0/s1. The number of ether oxygens (including phenoxy) is 1. The third-order valence-electron chi connectivity index (χ3n) is 4.27. The molecule has 1 saturated heterocycles. The molecular formula is C17H17BrN2O5. The molecule has 0 spiro atoms. The van der Waals surface area contributed by atoms with Crippen LogP contribution in [0.5, 0.6) is 0 Å². The molecule has 25 heavy (non-hydrogen) atoms. The number of methoxy groups -OCH3 is 1. The van der Waals surface area contributed by atoms with Gasteiger partial charge in [0, 0.05) is 28.5 Å². The minimum absolute atomic E-state index is 0.178. The maximum absolute atomic E-state index is 13.0. The summed E-state index contributed by atoms with van der Waals surface area (Å²) in [4.78, 5) is 38.1. The maximum atomic E-state index is 13.0. The lowest BCUT2D eigenvalue weighted by atomic mass is 10.1. The normalized spacial score (nSPS) is 17.5. The monoisotopic (exact) mass is 408 g/mol. The van der Waals surface area contributed by atoms with E-state index in [-0.39, 0.29) is 18.1 Å². The lowest BCUT2D eigenvalue weighted by Gasteiger charge is -2.34. The van der Waals surface area contributed by atoms with Gasteiger partial charge >= 0.3 is 5.97 Å². The summed E-state index contributed by atoms with van der Waals surface area (Å²) in [5.41, 5.74) is 1.29. The largest absolute Gasteiger partial charge is 0.469 e. The number of halogens is 1. The average molecular weight is 409 g/mol. The highest BCUT2D eigenvalue weighted by Gasteiger charge is 2.37. The Morgan fingerprint density at radius 2 is 2.20 bits per heavy atom. The molecule has 1 aromatic carbocycles. The van der Waals surface area contributed by atoms with Crippen molar-refractivity contribution in [3.05, 3.63) is 34.0 Å². The molecule has 0 radical (unpaired) electrons. The fourth-order valence-electron chi connectivity index (χ4n) is 2.93. The molecule has 8 heteroatoms. The van der Waals surface area contributed by atoms with Crippen molar-refractivity contribution < 1.29 is 23.5 Å². The second-order valence-electron chi connectivity index (χ2n) is 5.78. The summed E-state index contributed by atoms with van der Waals surface area (Å²) in [5.74, 6) is -1.15. The zero-order valence-electron chi connectivity index (χ0n) is 13.8. The van der Waals surface area contributed by atoms with Crippen molar-refractivity contribution in [3.63, 3.8) is 0 Å². The Bertz CT molecular complexity index is 860. The Morgan fingerprint density at radius 3 is 2.92 bits per heavy atom. The van der Waals surface area contributed by atoms with E-state index in [2.05, 4.69) is 26.0 Å². The number of rotatable bonds is 3. The highest BCUT2D eigenvalue weighted by molar-refractivity contribution is 9.10. The number of fused-ring (bicyclic) bond motifs is 1. The summed E-state index contributed by atoms with van der Waals surface area (Å²) in [6.45, 7) is 2.42. The Labute approximate surface area is 152 Å². The third-order valence-corrected chi connectivity index (χ3v) is 4.77. The Hall–Kier alpha value is -2.35. The molecule has 0 aliphatic carbocycles. The minimum Gasteiger partial charge on any atom is -0.469 e. The lowest BCUT2D eigenvalue weighted by Crippen LogP contribution is -2.57. The maximum Gasteiger partial charge on any atom is 0.308 e. The zero-order chi connectivity index (χ0) is 18.1. The van der Waals surface area contributed by atoms with Crippen LogP contribution in [-0.4, -0.2) is 48.9 Å². The van der Waals surface area contributed by atoms with Gasteiger partial charge in [0.15, 0.2) is 5.76 Å². The van der Waals surface area contributed by atoms with E-state index >= 15 is 0 Å². The summed E-state index contributed by atoms with van der Waals surface area (Å²) in [7, 11) is 1.25. The van der Waals surface area contributed by atoms with Crippen LogP contribution in [0.25, 0.3) is 11.0 Å². The second kappa shape index (κ2) is 6.87. The van der Waals surface area contributed by atoms with E-state index in [1.54, 1.807) is 13.0 Å². The summed E-state index contributed by atoms with van der Waals surface area (Å²) >= 11 is 3.40. The van der Waals surface area contributed by atoms with E-state index in [0.717, 1.165) is 9.86 Å². The number of aryl methyl sites for hydroxylation is 1. The zero-order valence-corrected chi connectivity index (χ0v) is 15.4. The van der Waals surface area contributed by atoms with E-state index in [9.17, 15) is 14.4 Å². The Kier molecular flexibility index (Phi) is 4.80. The van der Waals surface area contributed by atoms with E-state index in [0.29, 0.717) is 24.2 Å². The second-order valence-corrected chi connectivity index (χ2v) is 6.70. The predicted molar refractivity (Wildman–Crippen MR) is 93.1 cm³/mol. The van der Waals surface area contributed by atoms with Crippen molar-refractivity contribution in [2.24, 2.45) is 0 Å². The van der Waals surface area contributed by atoms with Crippen LogP contribution < -0.4 is 5.32 Å². The molecule has 1 aliphatic heterocycles. The number of carbonyl (C=O) groups is 3. The molecule has 132 valence electrons. The number of amides is 2. The number of hydrogen-bond donors (Lipinski definition) is 1. The summed E-state index contributed by atoms with van der Waals surface area (Å²) in [6, 6.07) is 4.57. The molecule has 1 fully saturated rings. The predicted octanol–water partition coefficient (Wildman–Crippen LogP) is 2.01. The van der Waals surface area contributed by atoms with E-state index in [1.807, 2.05) is 12.1 Å². The first-order valence-corrected chi connectivity index (χ1v) is 8.56. The first kappa shape index (κ1) is 17.5. The first-order valence-electron chi connectivity index (χ1n) is 7.76. The van der Waals surface area contributed by atoms with Crippen LogP contribution in [-0.2, 0) is 14.3 Å². The quantitative estimate of drug-likeness (QED) is 0.784. The molecule has 2 amide bonds. The van der Waals surface area contributed by atoms with Crippen molar-refractivity contribution in [2.75, 3.05) is 20.2 Å². The number of furan rings is 1. The van der Waals surface area contributed by atoms with Gasteiger partial charge in [0.25, 0.3) is 5.91 Å². The van der Waals surface area contributed by atoms with Gasteiger partial charge in [-0.15, -0.1) is 0 Å². The number of esters is 1. The lowest BCUT2D eigenvalue weighted by molar-refractivity contribution is -0.145. The van der Waals surface area contributed by atoms with Gasteiger partial charge < -0.3 is 19.4 Å². The summed E-state index contributed by atoms with van der Waals surface area (Å²) < 4.78 is 11.2. The smallest absolute Gasteiger partial charge is 0.308 e. The minimum atomic E-state index is -0.909. The number of hydrogen-bond acceptors (Lipinski definition) is 5. The van der Waals surface area contributed by atoms with Crippen molar-refractivity contribution in [3.8, 4) is 0 Å². The molecule has 1 aliphatic rings. The molecule has 0 saturated carbocycles. The Morgan fingerprint density at radius 1 is 1.44 bits per heavy atom. The van der Waals surface area contributed by atoms with E-state index in [4.69, 9.17) is 4.42 Å². The fraction of sp³-hybridized carbons (Fsp3) is 0.353. The van der Waals surface area contributed by atoms with Crippen molar-refractivity contribution >= 4 is 44.7 Å². The van der Waals surface area contributed by atoms with Gasteiger partial charge in [0.1, 0.15) is 11.6 Å². The SMILES string of the molecule is COC(=O)C[C@H]1C(=O)NCCN1C(=O)c1oc2ccc(Br)cc2c1C. The van der Waals surface area contributed by atoms with Crippen molar-refractivity contribution in [1.82, 2.24) is 10.2 Å². The molecule has 7 nitrogen and oxygen atoms in total. The van der Waals surface area contributed by atoms with Crippen molar-refractivity contribution in [1.29, 1.82) is 0 Å². The molecule has 2 aromatic rings. The summed E-state index contributed by atoms with van der Waals surface area (Å²) in [5, 5.41) is 3.49. The van der Waals surface area contributed by atoms with E-state index in [1.165, 1.54) is 12.0 Å². The van der Waals surface area contributed by atoms with Crippen LogP contribution in [0.3, 0.4) is 0 Å². The van der Waals surface area contributed by atoms with Gasteiger partial charge in [-0.2, -0.15) is 0 Å². The first-order chi connectivity index (χ1) is 11.9. The molecule has 1 N–H and O–H groups in total. The van der Waals surface area contributed by atoms with Gasteiger partial charge in [-0.05, 0) is 25.1 Å². The molecule has 1 atom stereocenters. The number of piperazine rings is 1. The highest BCUT2D eigenvalue weighted by atomic mass is 79.9. The van der Waals surface area contributed by atoms with Crippen LogP contribution in [0.2, 0.25) is 0 Å². The van der Waals surface area contributed by atoms with Gasteiger partial charge in [-0.25, -0.2) is 0 Å². The van der Waals surface area contributed by atoms with Crippen molar-refractivity contribution in [2.45, 2.75) is 19.4 Å². The molecule has 0 bridgehead atoms. The third kappa shape index (κ3) is 3.26. The fourth-order valence-corrected chi connectivity index (χ4v) is 3.29. The van der Waals surface area contributed by atoms with Crippen LogP contribution >= 0.6 is 15.9 Å². The van der Waals surface area contributed by atoms with Gasteiger partial charge in [0.2, 0.25) is 5.91 Å². The van der Waals surface area contributed by atoms with Gasteiger partial charge in [0.05, 0.1) is 13.5 Å². The van der Waals surface area contributed by atoms with Crippen LogP contribution in [0, 0.1) is 6.92 Å². The number of nitrogens with zero attached hydrogens (tertiary/aromatic N) is 1. The molecule has 2 heterocycles.